The standard InChI is InChI=1S/C15H24N2O3/c1-12-5-4-6-14(13(12)2)16-15(19)11-17(7-9-18)8-10-20-3/h4-6,18H,7-11H2,1-3H3,(H,16,19). The molecule has 0 saturated heterocycles. The summed E-state index contributed by atoms with van der Waals surface area (Å²) < 4.78 is 5.00. The first kappa shape index (κ1) is 16.6. The van der Waals surface area contributed by atoms with Crippen molar-refractivity contribution in [1.29, 1.82) is 0 Å². The molecule has 0 atom stereocenters. The average molecular weight is 280 g/mol. The molecule has 0 aliphatic heterocycles. The number of carbonyl (C=O) groups excluding carboxylic acids is 1. The number of nitrogens with zero attached hydrogens (tertiary/aromatic N) is 1. The van der Waals surface area contributed by atoms with Crippen molar-refractivity contribution in [3.63, 3.8) is 0 Å². The van der Waals surface area contributed by atoms with Gasteiger partial charge in [0.05, 0.1) is 19.8 Å². The van der Waals surface area contributed by atoms with Crippen molar-refractivity contribution < 1.29 is 14.6 Å². The molecule has 1 aromatic rings. The van der Waals surface area contributed by atoms with Crippen LogP contribution in [-0.2, 0) is 9.53 Å². The van der Waals surface area contributed by atoms with Gasteiger partial charge in [-0.2, -0.15) is 0 Å². The Hall–Kier alpha value is -1.43. The predicted molar refractivity (Wildman–Crippen MR) is 79.9 cm³/mol. The molecule has 0 aliphatic carbocycles. The summed E-state index contributed by atoms with van der Waals surface area (Å²) in [6, 6.07) is 5.84. The minimum absolute atomic E-state index is 0.0282. The van der Waals surface area contributed by atoms with Crippen LogP contribution in [0.2, 0.25) is 0 Å². The number of nitrogens with one attached hydrogen (secondary N) is 1. The van der Waals surface area contributed by atoms with Crippen molar-refractivity contribution in [2.75, 3.05) is 45.3 Å². The van der Waals surface area contributed by atoms with E-state index in [1.165, 1.54) is 0 Å². The van der Waals surface area contributed by atoms with Crippen molar-refractivity contribution in [2.45, 2.75) is 13.8 Å². The lowest BCUT2D eigenvalue weighted by Gasteiger charge is -2.20. The van der Waals surface area contributed by atoms with Gasteiger partial charge in [0.1, 0.15) is 0 Å². The Morgan fingerprint density at radius 1 is 1.35 bits per heavy atom. The quantitative estimate of drug-likeness (QED) is 0.751. The highest BCUT2D eigenvalue weighted by Gasteiger charge is 2.11. The van der Waals surface area contributed by atoms with Crippen LogP contribution < -0.4 is 5.32 Å². The molecule has 5 nitrogen and oxygen atoms in total. The molecule has 112 valence electrons. The molecule has 0 saturated carbocycles. The molecule has 2 N–H and O–H groups in total. The summed E-state index contributed by atoms with van der Waals surface area (Å²) in [5.74, 6) is -0.0803. The second kappa shape index (κ2) is 8.68. The monoisotopic (exact) mass is 280 g/mol. The Balaban J connectivity index is 2.58. The molecule has 0 radical (unpaired) electrons. The van der Waals surface area contributed by atoms with E-state index < -0.39 is 0 Å². The Morgan fingerprint density at radius 2 is 2.10 bits per heavy atom. The van der Waals surface area contributed by atoms with Crippen molar-refractivity contribution >= 4 is 11.6 Å². The second-order valence-corrected chi connectivity index (χ2v) is 4.79. The molecule has 1 amide bonds. The summed E-state index contributed by atoms with van der Waals surface area (Å²) in [4.78, 5) is 13.9. The van der Waals surface area contributed by atoms with Crippen molar-refractivity contribution in [2.24, 2.45) is 0 Å². The molecule has 0 aliphatic rings. The lowest BCUT2D eigenvalue weighted by molar-refractivity contribution is -0.117. The van der Waals surface area contributed by atoms with Crippen molar-refractivity contribution in [1.82, 2.24) is 4.90 Å². The number of methoxy groups -OCH3 is 1. The first-order chi connectivity index (χ1) is 9.58. The van der Waals surface area contributed by atoms with Crippen LogP contribution in [0.15, 0.2) is 18.2 Å². The molecule has 1 aromatic carbocycles. The third-order valence-electron chi connectivity index (χ3n) is 3.27. The molecule has 0 fully saturated rings. The largest absolute Gasteiger partial charge is 0.395 e. The van der Waals surface area contributed by atoms with Gasteiger partial charge < -0.3 is 15.2 Å². The smallest absolute Gasteiger partial charge is 0.238 e. The van der Waals surface area contributed by atoms with E-state index in [0.717, 1.165) is 16.8 Å². The van der Waals surface area contributed by atoms with E-state index in [1.54, 1.807) is 7.11 Å². The van der Waals surface area contributed by atoms with E-state index in [4.69, 9.17) is 9.84 Å². The number of anilines is 1. The summed E-state index contributed by atoms with van der Waals surface area (Å²) in [5.41, 5.74) is 3.06. The molecule has 0 aromatic heterocycles. The van der Waals surface area contributed by atoms with E-state index in [1.807, 2.05) is 36.9 Å². The van der Waals surface area contributed by atoms with E-state index in [2.05, 4.69) is 5.32 Å². The van der Waals surface area contributed by atoms with E-state index in [9.17, 15) is 4.79 Å². The summed E-state index contributed by atoms with van der Waals surface area (Å²) in [5, 5.41) is 11.9. The lowest BCUT2D eigenvalue weighted by Crippen LogP contribution is -2.37. The topological polar surface area (TPSA) is 61.8 Å². The summed E-state index contributed by atoms with van der Waals surface area (Å²) >= 11 is 0. The van der Waals surface area contributed by atoms with Crippen molar-refractivity contribution in [3.05, 3.63) is 29.3 Å². The number of carbonyl (C=O) groups is 1. The lowest BCUT2D eigenvalue weighted by atomic mass is 10.1. The normalized spacial score (nSPS) is 10.8. The maximum absolute atomic E-state index is 12.0. The zero-order valence-corrected chi connectivity index (χ0v) is 12.5. The fourth-order valence-electron chi connectivity index (χ4n) is 1.91. The van der Waals surface area contributed by atoms with E-state index >= 15 is 0 Å². The molecule has 1 rings (SSSR count). The molecular formula is C15H24N2O3. The maximum Gasteiger partial charge on any atom is 0.238 e. The summed E-state index contributed by atoms with van der Waals surface area (Å²) in [7, 11) is 1.62. The van der Waals surface area contributed by atoms with Gasteiger partial charge in [-0.3, -0.25) is 9.69 Å². The number of aliphatic hydroxyl groups is 1. The number of ether oxygens (including phenoxy) is 1. The number of aliphatic hydroxyl groups excluding tert-OH is 1. The van der Waals surface area contributed by atoms with Crippen LogP contribution in [0, 0.1) is 13.8 Å². The summed E-state index contributed by atoms with van der Waals surface area (Å²) in [6.45, 7) is 5.90. The fraction of sp³-hybridized carbons (Fsp3) is 0.533. The highest BCUT2D eigenvalue weighted by atomic mass is 16.5. The Labute approximate surface area is 120 Å². The third-order valence-corrected chi connectivity index (χ3v) is 3.27. The number of hydrogen-bond acceptors (Lipinski definition) is 4. The number of amides is 1. The van der Waals surface area contributed by atoms with Crippen LogP contribution in [0.4, 0.5) is 5.69 Å². The predicted octanol–water partition coefficient (Wildman–Crippen LogP) is 1.18. The number of benzene rings is 1. The van der Waals surface area contributed by atoms with Crippen molar-refractivity contribution in [3.8, 4) is 0 Å². The number of rotatable bonds is 8. The maximum atomic E-state index is 12.0. The number of aryl methyl sites for hydroxylation is 1. The minimum atomic E-state index is -0.0803. The molecule has 0 bridgehead atoms. The van der Waals surface area contributed by atoms with Gasteiger partial charge in [0, 0.05) is 25.9 Å². The van der Waals surface area contributed by atoms with E-state index in [0.29, 0.717) is 19.7 Å². The van der Waals surface area contributed by atoms with Crippen LogP contribution in [-0.4, -0.2) is 55.9 Å². The van der Waals surface area contributed by atoms with Crippen LogP contribution in [0.1, 0.15) is 11.1 Å². The van der Waals surface area contributed by atoms with Gasteiger partial charge in [-0.25, -0.2) is 0 Å². The second-order valence-electron chi connectivity index (χ2n) is 4.79. The Bertz CT molecular complexity index is 435. The summed E-state index contributed by atoms with van der Waals surface area (Å²) in [6.07, 6.45) is 0. The average Bonchev–Trinajstić information content (AvgIpc) is 2.41. The molecule has 0 heterocycles. The van der Waals surface area contributed by atoms with Crippen LogP contribution in [0.25, 0.3) is 0 Å². The zero-order valence-electron chi connectivity index (χ0n) is 12.5. The highest BCUT2D eigenvalue weighted by Crippen LogP contribution is 2.17. The van der Waals surface area contributed by atoms with Gasteiger partial charge in [-0.05, 0) is 31.0 Å². The fourth-order valence-corrected chi connectivity index (χ4v) is 1.91. The molecule has 0 unspecified atom stereocenters. The van der Waals surface area contributed by atoms with E-state index in [-0.39, 0.29) is 19.1 Å². The molecule has 0 spiro atoms. The third kappa shape index (κ3) is 5.28. The first-order valence-corrected chi connectivity index (χ1v) is 6.76. The zero-order chi connectivity index (χ0) is 15.0. The van der Waals surface area contributed by atoms with Gasteiger partial charge in [0.2, 0.25) is 5.91 Å². The Kier molecular flexibility index (Phi) is 7.22. The van der Waals surface area contributed by atoms with Gasteiger partial charge in [-0.15, -0.1) is 0 Å². The van der Waals surface area contributed by atoms with Gasteiger partial charge in [0.25, 0.3) is 0 Å². The van der Waals surface area contributed by atoms with Gasteiger partial charge in [-0.1, -0.05) is 12.1 Å². The minimum Gasteiger partial charge on any atom is -0.395 e. The molecular weight excluding hydrogens is 256 g/mol. The first-order valence-electron chi connectivity index (χ1n) is 6.76. The number of hydrogen-bond donors (Lipinski definition) is 2. The van der Waals surface area contributed by atoms with Crippen LogP contribution >= 0.6 is 0 Å². The molecule has 5 heteroatoms. The SMILES string of the molecule is COCCN(CCO)CC(=O)Nc1cccc(C)c1C. The van der Waals surface area contributed by atoms with Gasteiger partial charge in [0.15, 0.2) is 0 Å². The van der Waals surface area contributed by atoms with Crippen LogP contribution in [0.5, 0.6) is 0 Å². The Morgan fingerprint density at radius 3 is 2.75 bits per heavy atom. The van der Waals surface area contributed by atoms with Crippen LogP contribution in [0.3, 0.4) is 0 Å². The highest BCUT2D eigenvalue weighted by molar-refractivity contribution is 5.93. The molecule has 20 heavy (non-hydrogen) atoms. The van der Waals surface area contributed by atoms with Gasteiger partial charge >= 0.3 is 0 Å².